The van der Waals surface area contributed by atoms with E-state index in [0.29, 0.717) is 0 Å². The molecular weight excluding hydrogens is 282 g/mol. The lowest BCUT2D eigenvalue weighted by molar-refractivity contribution is 0.0696. The Kier molecular flexibility index (Phi) is 2.65. The van der Waals surface area contributed by atoms with Gasteiger partial charge in [0.15, 0.2) is 0 Å². The molecule has 4 heteroatoms. The van der Waals surface area contributed by atoms with Crippen LogP contribution in [0.5, 0.6) is 0 Å². The molecule has 0 radical (unpaired) electrons. The molecule has 0 saturated carbocycles. The standard InChI is InChI=1S/C17H11NO2S/c19-17(20)16-18-15(9-21-16)11-5-6-14-12(8-11)7-10-3-1-2-4-13(10)14/h1-6,8-9H,7H2,(H,19,20). The molecule has 1 aliphatic rings. The molecule has 1 heterocycles. The SMILES string of the molecule is O=C(O)c1nc(-c2ccc3c(c2)Cc2ccccc2-3)cs1. The Morgan fingerprint density at radius 1 is 1.10 bits per heavy atom. The Bertz CT molecular complexity index is 867. The maximum Gasteiger partial charge on any atom is 0.365 e. The molecule has 0 atom stereocenters. The number of carboxylic acid groups (broad SMARTS) is 1. The van der Waals surface area contributed by atoms with Gasteiger partial charge in [-0.3, -0.25) is 0 Å². The van der Waals surface area contributed by atoms with Gasteiger partial charge in [-0.05, 0) is 34.7 Å². The van der Waals surface area contributed by atoms with Gasteiger partial charge in [-0.15, -0.1) is 11.3 Å². The van der Waals surface area contributed by atoms with Gasteiger partial charge in [0.2, 0.25) is 5.01 Å². The number of hydrogen-bond acceptors (Lipinski definition) is 3. The lowest BCUT2D eigenvalue weighted by atomic mass is 10.0. The molecule has 102 valence electrons. The number of carboxylic acids is 1. The van der Waals surface area contributed by atoms with Gasteiger partial charge in [-0.25, -0.2) is 9.78 Å². The van der Waals surface area contributed by atoms with Crippen molar-refractivity contribution in [1.29, 1.82) is 0 Å². The van der Waals surface area contributed by atoms with E-state index in [0.717, 1.165) is 29.0 Å². The predicted molar refractivity (Wildman–Crippen MR) is 82.8 cm³/mol. The van der Waals surface area contributed by atoms with E-state index in [4.69, 9.17) is 5.11 Å². The minimum atomic E-state index is -0.972. The minimum absolute atomic E-state index is 0.133. The Morgan fingerprint density at radius 3 is 2.71 bits per heavy atom. The summed E-state index contributed by atoms with van der Waals surface area (Å²) in [5.41, 5.74) is 6.89. The van der Waals surface area contributed by atoms with Crippen LogP contribution in [-0.2, 0) is 6.42 Å². The minimum Gasteiger partial charge on any atom is -0.476 e. The zero-order chi connectivity index (χ0) is 14.4. The molecule has 3 nitrogen and oxygen atoms in total. The first kappa shape index (κ1) is 12.3. The van der Waals surface area contributed by atoms with Crippen LogP contribution >= 0.6 is 11.3 Å². The van der Waals surface area contributed by atoms with Crippen LogP contribution in [0, 0.1) is 0 Å². The van der Waals surface area contributed by atoms with Gasteiger partial charge in [-0.2, -0.15) is 0 Å². The van der Waals surface area contributed by atoms with Gasteiger partial charge in [0.1, 0.15) is 0 Å². The van der Waals surface area contributed by atoms with Crippen LogP contribution in [0.3, 0.4) is 0 Å². The molecule has 0 aliphatic heterocycles. The van der Waals surface area contributed by atoms with E-state index in [-0.39, 0.29) is 5.01 Å². The molecular formula is C17H11NO2S. The number of hydrogen-bond donors (Lipinski definition) is 1. The molecule has 0 bridgehead atoms. The van der Waals surface area contributed by atoms with Crippen molar-refractivity contribution in [3.8, 4) is 22.4 Å². The predicted octanol–water partition coefficient (Wildman–Crippen LogP) is 4.08. The highest BCUT2D eigenvalue weighted by Crippen LogP contribution is 2.38. The van der Waals surface area contributed by atoms with E-state index >= 15 is 0 Å². The second-order valence-corrected chi connectivity index (χ2v) is 5.91. The molecule has 2 aromatic carbocycles. The summed E-state index contributed by atoms with van der Waals surface area (Å²) < 4.78 is 0. The number of fused-ring (bicyclic) bond motifs is 3. The van der Waals surface area contributed by atoms with Crippen LogP contribution in [-0.4, -0.2) is 16.1 Å². The van der Waals surface area contributed by atoms with E-state index in [9.17, 15) is 4.79 Å². The van der Waals surface area contributed by atoms with E-state index in [1.165, 1.54) is 22.3 Å². The number of aromatic nitrogens is 1. The number of thiazole rings is 1. The van der Waals surface area contributed by atoms with Crippen LogP contribution < -0.4 is 0 Å². The monoisotopic (exact) mass is 293 g/mol. The van der Waals surface area contributed by atoms with Gasteiger partial charge in [-0.1, -0.05) is 36.4 Å². The van der Waals surface area contributed by atoms with Gasteiger partial charge in [0.05, 0.1) is 5.69 Å². The lowest BCUT2D eigenvalue weighted by Crippen LogP contribution is -1.94. The third-order valence-corrected chi connectivity index (χ3v) is 4.61. The first-order valence-corrected chi connectivity index (χ1v) is 7.51. The summed E-state index contributed by atoms with van der Waals surface area (Å²) in [4.78, 5) is 15.1. The van der Waals surface area contributed by atoms with Crippen LogP contribution in [0.15, 0.2) is 47.8 Å². The number of benzene rings is 2. The van der Waals surface area contributed by atoms with E-state index < -0.39 is 5.97 Å². The fourth-order valence-electron chi connectivity index (χ4n) is 2.81. The summed E-state index contributed by atoms with van der Waals surface area (Å²) >= 11 is 1.16. The highest BCUT2D eigenvalue weighted by atomic mass is 32.1. The molecule has 3 aromatic rings. The summed E-state index contributed by atoms with van der Waals surface area (Å²) in [5.74, 6) is -0.972. The summed E-state index contributed by atoms with van der Waals surface area (Å²) in [6.07, 6.45) is 0.926. The summed E-state index contributed by atoms with van der Waals surface area (Å²) in [5, 5.41) is 10.9. The topological polar surface area (TPSA) is 50.2 Å². The Morgan fingerprint density at radius 2 is 1.90 bits per heavy atom. The average molecular weight is 293 g/mol. The summed E-state index contributed by atoms with van der Waals surface area (Å²) in [6.45, 7) is 0. The average Bonchev–Trinajstić information content (AvgIpc) is 3.11. The first-order valence-electron chi connectivity index (χ1n) is 6.63. The van der Waals surface area contributed by atoms with E-state index in [2.05, 4.69) is 41.4 Å². The summed E-state index contributed by atoms with van der Waals surface area (Å²) in [7, 11) is 0. The summed E-state index contributed by atoms with van der Waals surface area (Å²) in [6, 6.07) is 14.7. The zero-order valence-electron chi connectivity index (χ0n) is 11.0. The number of aromatic carboxylic acids is 1. The first-order chi connectivity index (χ1) is 10.2. The molecule has 0 amide bonds. The van der Waals surface area contributed by atoms with Crippen molar-refractivity contribution >= 4 is 17.3 Å². The van der Waals surface area contributed by atoms with E-state index in [1.54, 1.807) is 5.38 Å². The number of carbonyl (C=O) groups is 1. The Labute approximate surface area is 125 Å². The number of nitrogens with zero attached hydrogens (tertiary/aromatic N) is 1. The van der Waals surface area contributed by atoms with Gasteiger partial charge < -0.3 is 5.11 Å². The van der Waals surface area contributed by atoms with Crippen LogP contribution in [0.1, 0.15) is 20.9 Å². The van der Waals surface area contributed by atoms with E-state index in [1.807, 2.05) is 6.07 Å². The molecule has 0 saturated heterocycles. The molecule has 1 aliphatic carbocycles. The largest absolute Gasteiger partial charge is 0.476 e. The highest BCUT2D eigenvalue weighted by Gasteiger charge is 2.19. The molecule has 0 fully saturated rings. The Hall–Kier alpha value is -2.46. The van der Waals surface area contributed by atoms with Gasteiger partial charge >= 0.3 is 5.97 Å². The van der Waals surface area contributed by atoms with Gasteiger partial charge in [0.25, 0.3) is 0 Å². The van der Waals surface area contributed by atoms with Crippen molar-refractivity contribution in [2.24, 2.45) is 0 Å². The van der Waals surface area contributed by atoms with Crippen molar-refractivity contribution in [1.82, 2.24) is 4.98 Å². The Balaban J connectivity index is 1.77. The smallest absolute Gasteiger partial charge is 0.365 e. The zero-order valence-corrected chi connectivity index (χ0v) is 11.9. The molecule has 1 N–H and O–H groups in total. The quantitative estimate of drug-likeness (QED) is 0.606. The maximum atomic E-state index is 10.9. The number of rotatable bonds is 2. The second kappa shape index (κ2) is 4.53. The second-order valence-electron chi connectivity index (χ2n) is 5.05. The van der Waals surface area contributed by atoms with Crippen LogP contribution in [0.2, 0.25) is 0 Å². The van der Waals surface area contributed by atoms with Crippen molar-refractivity contribution in [2.45, 2.75) is 6.42 Å². The molecule has 21 heavy (non-hydrogen) atoms. The van der Waals surface area contributed by atoms with Crippen molar-refractivity contribution in [2.75, 3.05) is 0 Å². The molecule has 4 rings (SSSR count). The normalized spacial score (nSPS) is 12.0. The fourth-order valence-corrected chi connectivity index (χ4v) is 3.47. The third kappa shape index (κ3) is 1.96. The molecule has 0 spiro atoms. The van der Waals surface area contributed by atoms with Crippen molar-refractivity contribution < 1.29 is 9.90 Å². The fraction of sp³-hybridized carbons (Fsp3) is 0.0588. The highest BCUT2D eigenvalue weighted by molar-refractivity contribution is 7.11. The molecule has 1 aromatic heterocycles. The van der Waals surface area contributed by atoms with Crippen LogP contribution in [0.4, 0.5) is 0 Å². The molecule has 0 unspecified atom stereocenters. The van der Waals surface area contributed by atoms with Gasteiger partial charge in [0, 0.05) is 10.9 Å². The van der Waals surface area contributed by atoms with Crippen LogP contribution in [0.25, 0.3) is 22.4 Å². The van der Waals surface area contributed by atoms with Crippen molar-refractivity contribution in [3.63, 3.8) is 0 Å². The van der Waals surface area contributed by atoms with Crippen molar-refractivity contribution in [3.05, 3.63) is 64.0 Å². The third-order valence-electron chi connectivity index (χ3n) is 3.78. The maximum absolute atomic E-state index is 10.9. The lowest BCUT2D eigenvalue weighted by Gasteiger charge is -2.03.